The van der Waals surface area contributed by atoms with Gasteiger partial charge in [0.1, 0.15) is 5.75 Å². The van der Waals surface area contributed by atoms with Crippen LogP contribution in [-0.4, -0.2) is 10.8 Å². The zero-order valence-corrected chi connectivity index (χ0v) is 14.4. The van der Waals surface area contributed by atoms with Gasteiger partial charge in [-0.3, -0.25) is 4.79 Å². The maximum absolute atomic E-state index is 12.3. The first-order chi connectivity index (χ1) is 11.7. The van der Waals surface area contributed by atoms with Crippen molar-refractivity contribution in [1.82, 2.24) is 4.98 Å². The second kappa shape index (κ2) is 8.97. The lowest BCUT2D eigenvalue weighted by Crippen LogP contribution is -2.03. The molecule has 2 aromatic carbocycles. The molecule has 0 aliphatic heterocycles. The fourth-order valence-corrected chi connectivity index (χ4v) is 2.35. The minimum Gasteiger partial charge on any atom is -0.439 e. The second-order valence-corrected chi connectivity index (χ2v) is 5.42. The van der Waals surface area contributed by atoms with E-state index in [-0.39, 0.29) is 18.2 Å². The van der Waals surface area contributed by atoms with Gasteiger partial charge in [0.05, 0.1) is 0 Å². The Morgan fingerprint density at radius 1 is 0.960 bits per heavy atom. The fourth-order valence-electron chi connectivity index (χ4n) is 2.35. The monoisotopic (exact) mass is 354 g/mol. The fraction of sp³-hybridized carbons (Fsp3) is 0.100. The molecule has 4 nitrogen and oxygen atoms in total. The number of pyridine rings is 1. The third-order valence-corrected chi connectivity index (χ3v) is 3.64. The minimum absolute atomic E-state index is 0. The van der Waals surface area contributed by atoms with Crippen molar-refractivity contribution < 1.29 is 9.53 Å². The van der Waals surface area contributed by atoms with Crippen LogP contribution in [0.3, 0.4) is 0 Å². The molecule has 2 N–H and O–H groups in total. The first kappa shape index (κ1) is 18.6. The number of aromatic nitrogens is 1. The second-order valence-electron chi connectivity index (χ2n) is 5.42. The molecule has 0 atom stereocenters. The Balaban J connectivity index is 0.00000225. The molecule has 128 valence electrons. The number of rotatable bonds is 6. The van der Waals surface area contributed by atoms with Gasteiger partial charge in [0, 0.05) is 30.8 Å². The van der Waals surface area contributed by atoms with Gasteiger partial charge in [-0.05, 0) is 41.5 Å². The van der Waals surface area contributed by atoms with Gasteiger partial charge in [-0.1, -0.05) is 30.3 Å². The normalized spacial score (nSPS) is 9.96. The highest BCUT2D eigenvalue weighted by Crippen LogP contribution is 2.21. The number of hydrogen-bond donors (Lipinski definition) is 1. The van der Waals surface area contributed by atoms with E-state index in [4.69, 9.17) is 10.5 Å². The van der Waals surface area contributed by atoms with Crippen LogP contribution < -0.4 is 10.5 Å². The molecule has 0 aliphatic carbocycles. The molecule has 3 aromatic rings. The van der Waals surface area contributed by atoms with Gasteiger partial charge in [-0.25, -0.2) is 4.98 Å². The molecule has 1 heterocycles. The smallest absolute Gasteiger partial charge is 0.219 e. The van der Waals surface area contributed by atoms with Crippen LogP contribution in [0.25, 0.3) is 0 Å². The number of Topliss-reactive ketones (excluding diaryl/α,β-unsaturated/α-hetero) is 1. The summed E-state index contributed by atoms with van der Waals surface area (Å²) in [6, 6.07) is 20.4. The maximum Gasteiger partial charge on any atom is 0.219 e. The highest BCUT2D eigenvalue weighted by atomic mass is 35.5. The summed E-state index contributed by atoms with van der Waals surface area (Å²) < 4.78 is 5.70. The third-order valence-electron chi connectivity index (χ3n) is 3.64. The van der Waals surface area contributed by atoms with E-state index in [1.165, 1.54) is 0 Å². The van der Waals surface area contributed by atoms with E-state index in [0.29, 0.717) is 30.2 Å². The van der Waals surface area contributed by atoms with Crippen LogP contribution in [0.1, 0.15) is 21.5 Å². The highest BCUT2D eigenvalue weighted by molar-refractivity contribution is 5.97. The summed E-state index contributed by atoms with van der Waals surface area (Å²) in [6.45, 7) is 0.436. The molecule has 0 saturated carbocycles. The predicted molar refractivity (Wildman–Crippen MR) is 100 cm³/mol. The van der Waals surface area contributed by atoms with Crippen molar-refractivity contribution in [2.45, 2.75) is 13.0 Å². The van der Waals surface area contributed by atoms with Crippen molar-refractivity contribution in [3.05, 3.63) is 89.6 Å². The molecular weight excluding hydrogens is 336 g/mol. The number of hydrogen-bond acceptors (Lipinski definition) is 4. The van der Waals surface area contributed by atoms with Crippen molar-refractivity contribution in [3.63, 3.8) is 0 Å². The SMILES string of the molecule is Cl.NCc1ccnc(Oc2ccc(C(=O)Cc3ccccc3)cc2)c1. The number of benzene rings is 2. The summed E-state index contributed by atoms with van der Waals surface area (Å²) >= 11 is 0. The number of carbonyl (C=O) groups is 1. The van der Waals surface area contributed by atoms with E-state index in [1.54, 1.807) is 36.5 Å². The maximum atomic E-state index is 12.3. The van der Waals surface area contributed by atoms with Crippen LogP contribution in [-0.2, 0) is 13.0 Å². The van der Waals surface area contributed by atoms with Gasteiger partial charge < -0.3 is 10.5 Å². The van der Waals surface area contributed by atoms with Crippen molar-refractivity contribution in [2.24, 2.45) is 5.73 Å². The average Bonchev–Trinajstić information content (AvgIpc) is 2.63. The van der Waals surface area contributed by atoms with Crippen LogP contribution >= 0.6 is 12.4 Å². The summed E-state index contributed by atoms with van der Waals surface area (Å²) in [7, 11) is 0. The van der Waals surface area contributed by atoms with Crippen LogP contribution in [0.5, 0.6) is 11.6 Å². The Bertz CT molecular complexity index is 821. The van der Waals surface area contributed by atoms with Gasteiger partial charge >= 0.3 is 0 Å². The molecule has 0 saturated heterocycles. The molecule has 0 amide bonds. The Kier molecular flexibility index (Phi) is 6.69. The Hall–Kier alpha value is -2.69. The molecule has 3 rings (SSSR count). The number of ether oxygens (including phenoxy) is 1. The largest absolute Gasteiger partial charge is 0.439 e. The number of nitrogens with zero attached hydrogens (tertiary/aromatic N) is 1. The standard InChI is InChI=1S/C20H18N2O2.ClH/c21-14-16-10-11-22-20(13-16)24-18-8-6-17(7-9-18)19(23)12-15-4-2-1-3-5-15;/h1-11,13H,12,14,21H2;1H. The number of halogens is 1. The van der Waals surface area contributed by atoms with E-state index in [0.717, 1.165) is 11.1 Å². The van der Waals surface area contributed by atoms with Gasteiger partial charge in [0.25, 0.3) is 0 Å². The van der Waals surface area contributed by atoms with Crippen molar-refractivity contribution in [3.8, 4) is 11.6 Å². The van der Waals surface area contributed by atoms with E-state index in [9.17, 15) is 4.79 Å². The third kappa shape index (κ3) is 5.14. The molecule has 5 heteroatoms. The van der Waals surface area contributed by atoms with Crippen LogP contribution in [0.15, 0.2) is 72.9 Å². The summed E-state index contributed by atoms with van der Waals surface area (Å²) in [5.74, 6) is 1.20. The molecule has 0 fully saturated rings. The van der Waals surface area contributed by atoms with Crippen LogP contribution in [0, 0.1) is 0 Å². The number of nitrogens with two attached hydrogens (primary N) is 1. The van der Waals surface area contributed by atoms with E-state index in [1.807, 2.05) is 36.4 Å². The van der Waals surface area contributed by atoms with Crippen LogP contribution in [0.4, 0.5) is 0 Å². The summed E-state index contributed by atoms with van der Waals surface area (Å²) in [4.78, 5) is 16.5. The topological polar surface area (TPSA) is 65.2 Å². The van der Waals surface area contributed by atoms with Crippen molar-refractivity contribution in [1.29, 1.82) is 0 Å². The molecule has 0 spiro atoms. The minimum atomic E-state index is 0. The molecule has 0 unspecified atom stereocenters. The summed E-state index contributed by atoms with van der Waals surface area (Å²) in [5, 5.41) is 0. The lowest BCUT2D eigenvalue weighted by Gasteiger charge is -2.07. The lowest BCUT2D eigenvalue weighted by atomic mass is 10.0. The quantitative estimate of drug-likeness (QED) is 0.674. The Morgan fingerprint density at radius 2 is 1.68 bits per heavy atom. The van der Waals surface area contributed by atoms with Gasteiger partial charge in [-0.15, -0.1) is 12.4 Å². The molecule has 1 aromatic heterocycles. The molecular formula is C20H19ClN2O2. The summed E-state index contributed by atoms with van der Waals surface area (Å²) in [6.07, 6.45) is 2.05. The zero-order valence-electron chi connectivity index (χ0n) is 13.6. The molecule has 25 heavy (non-hydrogen) atoms. The van der Waals surface area contributed by atoms with Gasteiger partial charge in [0.2, 0.25) is 5.88 Å². The van der Waals surface area contributed by atoms with E-state index < -0.39 is 0 Å². The number of carbonyl (C=O) groups excluding carboxylic acids is 1. The molecule has 0 bridgehead atoms. The summed E-state index contributed by atoms with van der Waals surface area (Å²) in [5.41, 5.74) is 8.23. The first-order valence-corrected chi connectivity index (χ1v) is 7.74. The Labute approximate surface area is 153 Å². The predicted octanol–water partition coefficient (Wildman–Crippen LogP) is 4.18. The van der Waals surface area contributed by atoms with Crippen LogP contribution in [0.2, 0.25) is 0 Å². The Morgan fingerprint density at radius 3 is 2.36 bits per heavy atom. The first-order valence-electron chi connectivity index (χ1n) is 7.74. The molecule has 0 aliphatic rings. The molecule has 0 radical (unpaired) electrons. The van der Waals surface area contributed by atoms with E-state index in [2.05, 4.69) is 4.98 Å². The van der Waals surface area contributed by atoms with Crippen molar-refractivity contribution >= 4 is 18.2 Å². The average molecular weight is 355 g/mol. The number of ketones is 1. The lowest BCUT2D eigenvalue weighted by molar-refractivity contribution is 0.0993. The van der Waals surface area contributed by atoms with E-state index >= 15 is 0 Å². The van der Waals surface area contributed by atoms with Gasteiger partial charge in [0.15, 0.2) is 5.78 Å². The zero-order chi connectivity index (χ0) is 16.8. The van der Waals surface area contributed by atoms with Crippen molar-refractivity contribution in [2.75, 3.05) is 0 Å². The van der Waals surface area contributed by atoms with Gasteiger partial charge in [-0.2, -0.15) is 0 Å². The highest BCUT2D eigenvalue weighted by Gasteiger charge is 2.08.